The van der Waals surface area contributed by atoms with Crippen LogP contribution < -0.4 is 9.62 Å². The molecule has 0 aromatic heterocycles. The molecule has 0 saturated heterocycles. The van der Waals surface area contributed by atoms with Gasteiger partial charge >= 0.3 is 5.97 Å². The normalized spacial score (nSPS) is 11.4. The largest absolute Gasteiger partial charge is 0.478 e. The van der Waals surface area contributed by atoms with E-state index in [0.29, 0.717) is 21.8 Å². The van der Waals surface area contributed by atoms with Gasteiger partial charge in [-0.2, -0.15) is 0 Å². The molecule has 0 radical (unpaired) electrons. The molecule has 0 heterocycles. The number of aryl methyl sites for hydroxylation is 1. The number of sulfonamides is 1. The maximum Gasteiger partial charge on any atom is 0.328 e. The van der Waals surface area contributed by atoms with E-state index in [-0.39, 0.29) is 11.4 Å². The number of rotatable bonds is 10. The standard InChI is InChI=1S/C27H27ClN2O5S/c1-3-20-10-13-23(14-11-20)36(34,35)30(25-9-5-8-24(28)19(25)2)18-26(31)29-17-22-7-4-6-21(16-22)12-15-27(32)33/h4-16H,3,17-18H2,1-2H3,(H,29,31)(H,32,33)/b15-12+. The van der Waals surface area contributed by atoms with Crippen LogP contribution in [0.2, 0.25) is 5.02 Å². The third kappa shape index (κ3) is 6.74. The third-order valence-corrected chi connectivity index (χ3v) is 7.76. The molecule has 1 amide bonds. The summed E-state index contributed by atoms with van der Waals surface area (Å²) in [6, 6.07) is 18.5. The van der Waals surface area contributed by atoms with Crippen LogP contribution in [0.3, 0.4) is 0 Å². The number of carboxylic acid groups (broad SMARTS) is 1. The summed E-state index contributed by atoms with van der Waals surface area (Å²) >= 11 is 6.27. The first-order chi connectivity index (χ1) is 17.1. The van der Waals surface area contributed by atoms with Crippen LogP contribution in [-0.4, -0.2) is 31.9 Å². The van der Waals surface area contributed by atoms with Crippen molar-refractivity contribution >= 4 is 45.3 Å². The highest BCUT2D eigenvalue weighted by atomic mass is 35.5. The maximum atomic E-state index is 13.6. The summed E-state index contributed by atoms with van der Waals surface area (Å²) in [6.07, 6.45) is 3.25. The highest BCUT2D eigenvalue weighted by Crippen LogP contribution is 2.31. The van der Waals surface area contributed by atoms with Crippen molar-refractivity contribution in [2.24, 2.45) is 0 Å². The first-order valence-electron chi connectivity index (χ1n) is 11.2. The Hall–Kier alpha value is -3.62. The first kappa shape index (κ1) is 27.0. The number of hydrogen-bond donors (Lipinski definition) is 2. The van der Waals surface area contributed by atoms with Crippen LogP contribution in [0.1, 0.15) is 29.2 Å². The monoisotopic (exact) mass is 526 g/mol. The van der Waals surface area contributed by atoms with Gasteiger partial charge in [-0.25, -0.2) is 13.2 Å². The Bertz CT molecular complexity index is 1390. The third-order valence-electron chi connectivity index (χ3n) is 5.57. The van der Waals surface area contributed by atoms with Crippen molar-refractivity contribution in [2.45, 2.75) is 31.7 Å². The lowest BCUT2D eigenvalue weighted by molar-refractivity contribution is -0.131. The Morgan fingerprint density at radius 2 is 1.72 bits per heavy atom. The van der Waals surface area contributed by atoms with Gasteiger partial charge in [0.2, 0.25) is 5.91 Å². The molecular weight excluding hydrogens is 500 g/mol. The van der Waals surface area contributed by atoms with Gasteiger partial charge in [-0.1, -0.05) is 54.9 Å². The zero-order chi connectivity index (χ0) is 26.3. The molecule has 3 aromatic rings. The summed E-state index contributed by atoms with van der Waals surface area (Å²) in [5.74, 6) is -1.56. The van der Waals surface area contributed by atoms with Crippen LogP contribution in [0.5, 0.6) is 0 Å². The zero-order valence-electron chi connectivity index (χ0n) is 19.9. The van der Waals surface area contributed by atoms with E-state index in [2.05, 4.69) is 5.32 Å². The number of nitrogens with one attached hydrogen (secondary N) is 1. The lowest BCUT2D eigenvalue weighted by Crippen LogP contribution is -2.41. The van der Waals surface area contributed by atoms with E-state index < -0.39 is 28.4 Å². The number of carboxylic acids is 1. The van der Waals surface area contributed by atoms with E-state index in [0.717, 1.165) is 27.9 Å². The van der Waals surface area contributed by atoms with Crippen LogP contribution >= 0.6 is 11.6 Å². The maximum absolute atomic E-state index is 13.6. The molecule has 188 valence electrons. The van der Waals surface area contributed by atoms with E-state index in [1.165, 1.54) is 18.2 Å². The van der Waals surface area contributed by atoms with E-state index in [1.807, 2.05) is 6.92 Å². The Labute approximate surface area is 216 Å². The van der Waals surface area contributed by atoms with Crippen LogP contribution in [0.25, 0.3) is 6.08 Å². The Morgan fingerprint density at radius 1 is 1.03 bits per heavy atom. The number of carbonyl (C=O) groups excluding carboxylic acids is 1. The predicted molar refractivity (Wildman–Crippen MR) is 141 cm³/mol. The van der Waals surface area contributed by atoms with Gasteiger partial charge < -0.3 is 10.4 Å². The highest BCUT2D eigenvalue weighted by Gasteiger charge is 2.28. The fraction of sp³-hybridized carbons (Fsp3) is 0.185. The van der Waals surface area contributed by atoms with Gasteiger partial charge in [0.15, 0.2) is 0 Å². The van der Waals surface area contributed by atoms with Crippen molar-refractivity contribution in [2.75, 3.05) is 10.8 Å². The molecule has 0 saturated carbocycles. The predicted octanol–water partition coefficient (Wildman–Crippen LogP) is 4.82. The lowest BCUT2D eigenvalue weighted by atomic mass is 10.1. The highest BCUT2D eigenvalue weighted by molar-refractivity contribution is 7.92. The fourth-order valence-corrected chi connectivity index (χ4v) is 5.20. The van der Waals surface area contributed by atoms with E-state index in [1.54, 1.807) is 61.5 Å². The second-order valence-electron chi connectivity index (χ2n) is 8.09. The van der Waals surface area contributed by atoms with Crippen LogP contribution in [0.4, 0.5) is 5.69 Å². The van der Waals surface area contributed by atoms with Gasteiger partial charge in [-0.3, -0.25) is 9.10 Å². The number of aliphatic carboxylic acids is 1. The topological polar surface area (TPSA) is 104 Å². The van der Waals surface area contributed by atoms with Gasteiger partial charge in [-0.05, 0) is 72.0 Å². The average Bonchev–Trinajstić information content (AvgIpc) is 2.87. The number of nitrogens with zero attached hydrogens (tertiary/aromatic N) is 1. The minimum Gasteiger partial charge on any atom is -0.478 e. The Morgan fingerprint density at radius 3 is 2.39 bits per heavy atom. The van der Waals surface area contributed by atoms with Crippen LogP contribution in [0.15, 0.2) is 77.7 Å². The molecule has 0 bridgehead atoms. The van der Waals surface area contributed by atoms with Crippen LogP contribution in [-0.2, 0) is 32.6 Å². The molecule has 0 aliphatic rings. The second kappa shape index (κ2) is 11.9. The molecule has 0 atom stereocenters. The summed E-state index contributed by atoms with van der Waals surface area (Å²) in [6.45, 7) is 3.38. The SMILES string of the molecule is CCc1ccc(S(=O)(=O)N(CC(=O)NCc2cccc(/C=C/C(=O)O)c2)c2cccc(Cl)c2C)cc1. The van der Waals surface area contributed by atoms with E-state index >= 15 is 0 Å². The van der Waals surface area contributed by atoms with Crippen molar-refractivity contribution < 1.29 is 23.1 Å². The number of benzene rings is 3. The molecule has 0 spiro atoms. The first-order valence-corrected chi connectivity index (χ1v) is 13.1. The molecule has 0 unspecified atom stereocenters. The molecule has 36 heavy (non-hydrogen) atoms. The smallest absolute Gasteiger partial charge is 0.328 e. The summed E-state index contributed by atoms with van der Waals surface area (Å²) in [5, 5.41) is 11.9. The molecule has 0 aliphatic carbocycles. The molecular formula is C27H27ClN2O5S. The molecule has 9 heteroatoms. The summed E-state index contributed by atoms with van der Waals surface area (Å²) < 4.78 is 28.3. The van der Waals surface area contributed by atoms with E-state index in [4.69, 9.17) is 16.7 Å². The van der Waals surface area contributed by atoms with Crippen molar-refractivity contribution in [1.29, 1.82) is 0 Å². The molecule has 3 aromatic carbocycles. The van der Waals surface area contributed by atoms with E-state index in [9.17, 15) is 18.0 Å². The van der Waals surface area contributed by atoms with Crippen molar-refractivity contribution in [3.8, 4) is 0 Å². The van der Waals surface area contributed by atoms with Crippen molar-refractivity contribution in [1.82, 2.24) is 5.32 Å². The number of anilines is 1. The minimum atomic E-state index is -4.07. The number of amides is 1. The molecule has 7 nitrogen and oxygen atoms in total. The average molecular weight is 527 g/mol. The molecule has 0 aliphatic heterocycles. The second-order valence-corrected chi connectivity index (χ2v) is 10.4. The number of carbonyl (C=O) groups is 2. The summed E-state index contributed by atoms with van der Waals surface area (Å²) in [4.78, 5) is 23.8. The molecule has 2 N–H and O–H groups in total. The Balaban J connectivity index is 1.85. The summed E-state index contributed by atoms with van der Waals surface area (Å²) in [5.41, 5.74) is 3.26. The fourth-order valence-electron chi connectivity index (χ4n) is 3.55. The van der Waals surface area contributed by atoms with Gasteiger partial charge in [0.25, 0.3) is 10.0 Å². The lowest BCUT2D eigenvalue weighted by Gasteiger charge is -2.26. The van der Waals surface area contributed by atoms with Crippen LogP contribution in [0, 0.1) is 6.92 Å². The van der Waals surface area contributed by atoms with Gasteiger partial charge in [0, 0.05) is 17.6 Å². The minimum absolute atomic E-state index is 0.0739. The number of halogens is 1. The molecule has 3 rings (SSSR count). The Kier molecular flexibility index (Phi) is 8.90. The molecule has 0 fully saturated rings. The van der Waals surface area contributed by atoms with Gasteiger partial charge in [0.1, 0.15) is 6.54 Å². The van der Waals surface area contributed by atoms with Crippen molar-refractivity contribution in [3.63, 3.8) is 0 Å². The summed E-state index contributed by atoms with van der Waals surface area (Å²) in [7, 11) is -4.07. The van der Waals surface area contributed by atoms with Crippen molar-refractivity contribution in [3.05, 3.63) is 100 Å². The zero-order valence-corrected chi connectivity index (χ0v) is 21.5. The number of hydrogen-bond acceptors (Lipinski definition) is 4. The van der Waals surface area contributed by atoms with Gasteiger partial charge in [-0.15, -0.1) is 0 Å². The van der Waals surface area contributed by atoms with Gasteiger partial charge in [0.05, 0.1) is 10.6 Å². The quantitative estimate of drug-likeness (QED) is 0.369.